The number of aliphatic hydroxyl groups excluding tert-OH is 1. The van der Waals surface area contributed by atoms with Gasteiger partial charge in [-0.05, 0) is 43.0 Å². The summed E-state index contributed by atoms with van der Waals surface area (Å²) >= 11 is 6.26. The number of nitrogens with zero attached hydrogens (tertiary/aromatic N) is 4. The number of halogens is 1. The molecule has 1 amide bonds. The topological polar surface area (TPSA) is 118 Å². The number of aromatic nitrogens is 3. The number of benzene rings is 2. The van der Waals surface area contributed by atoms with E-state index >= 15 is 0 Å². The maximum Gasteiger partial charge on any atom is 0.305 e. The second-order valence-corrected chi connectivity index (χ2v) is 10.4. The Morgan fingerprint density at radius 2 is 1.95 bits per heavy atom. The van der Waals surface area contributed by atoms with Crippen molar-refractivity contribution in [3.63, 3.8) is 0 Å². The first-order valence-electron chi connectivity index (χ1n) is 13.4. The lowest BCUT2D eigenvalue weighted by molar-refractivity contribution is -0.140. The fourth-order valence-corrected chi connectivity index (χ4v) is 5.24. The van der Waals surface area contributed by atoms with Crippen LogP contribution < -0.4 is 4.90 Å². The van der Waals surface area contributed by atoms with Crippen LogP contribution >= 0.6 is 11.6 Å². The molecule has 2 N–H and O–H groups in total. The predicted molar refractivity (Wildman–Crippen MR) is 152 cm³/mol. The normalized spacial score (nSPS) is 18.2. The lowest BCUT2D eigenvalue weighted by Crippen LogP contribution is -2.44. The molecule has 1 aromatic heterocycles. The number of esters is 1. The molecule has 4 rings (SSSR count). The highest BCUT2D eigenvalue weighted by Gasteiger charge is 2.52. The van der Waals surface area contributed by atoms with Crippen molar-refractivity contribution in [2.24, 2.45) is 5.92 Å². The van der Waals surface area contributed by atoms with Crippen molar-refractivity contribution in [3.8, 4) is 0 Å². The lowest BCUT2D eigenvalue weighted by atomic mass is 9.83. The van der Waals surface area contributed by atoms with Crippen LogP contribution in [0.25, 0.3) is 0 Å². The van der Waals surface area contributed by atoms with Crippen molar-refractivity contribution >= 4 is 29.2 Å². The van der Waals surface area contributed by atoms with Gasteiger partial charge in [0.1, 0.15) is 0 Å². The molecular formula is C30H35ClN4O5. The summed E-state index contributed by atoms with van der Waals surface area (Å²) in [6.07, 6.45) is 7.62. The van der Waals surface area contributed by atoms with Crippen LogP contribution in [0.15, 0.2) is 66.9 Å². The highest BCUT2D eigenvalue weighted by Crippen LogP contribution is 2.46. The second kappa shape index (κ2) is 13.2. The molecule has 2 aromatic carbocycles. The summed E-state index contributed by atoms with van der Waals surface area (Å²) < 4.78 is 6.41. The molecule has 0 saturated carbocycles. The minimum Gasteiger partial charge on any atom is -0.469 e. The number of rotatable bonds is 13. The van der Waals surface area contributed by atoms with Gasteiger partial charge in [0.15, 0.2) is 5.60 Å². The number of carbonyl (C=O) groups is 2. The Labute approximate surface area is 239 Å². The quantitative estimate of drug-likeness (QED) is 0.181. The summed E-state index contributed by atoms with van der Waals surface area (Å²) in [4.78, 5) is 26.6. The summed E-state index contributed by atoms with van der Waals surface area (Å²) in [5, 5.41) is 30.5. The number of fused-ring (bicyclic) bond motifs is 1. The van der Waals surface area contributed by atoms with Crippen LogP contribution in [0.1, 0.15) is 55.3 Å². The first-order valence-corrected chi connectivity index (χ1v) is 13.8. The maximum absolute atomic E-state index is 13.6. The van der Waals surface area contributed by atoms with E-state index in [2.05, 4.69) is 15.0 Å². The van der Waals surface area contributed by atoms with Gasteiger partial charge >= 0.3 is 5.97 Å². The van der Waals surface area contributed by atoms with E-state index in [-0.39, 0.29) is 24.9 Å². The third-order valence-electron chi connectivity index (χ3n) is 7.38. The van der Waals surface area contributed by atoms with Gasteiger partial charge in [0.25, 0.3) is 5.91 Å². The first-order chi connectivity index (χ1) is 19.3. The number of allylic oxidation sites excluding steroid dienone is 1. The number of carbonyl (C=O) groups excluding carboxylic acids is 2. The second-order valence-electron chi connectivity index (χ2n) is 9.98. The Kier molecular flexibility index (Phi) is 9.73. The third kappa shape index (κ3) is 6.27. The van der Waals surface area contributed by atoms with Crippen LogP contribution in [0.2, 0.25) is 5.02 Å². The van der Waals surface area contributed by atoms with Gasteiger partial charge in [-0.15, -0.1) is 5.10 Å². The lowest BCUT2D eigenvalue weighted by Gasteiger charge is -2.27. The molecule has 1 aliphatic heterocycles. The van der Waals surface area contributed by atoms with Crippen molar-refractivity contribution in [1.82, 2.24) is 15.0 Å². The van der Waals surface area contributed by atoms with Crippen molar-refractivity contribution in [2.45, 2.75) is 50.7 Å². The maximum atomic E-state index is 13.6. The molecule has 1 aliphatic rings. The Bertz CT molecular complexity index is 1340. The van der Waals surface area contributed by atoms with Crippen molar-refractivity contribution in [2.75, 3.05) is 25.2 Å². The van der Waals surface area contributed by atoms with Gasteiger partial charge in [-0.3, -0.25) is 14.3 Å². The molecule has 0 aliphatic carbocycles. The van der Waals surface area contributed by atoms with Crippen LogP contribution in [0.3, 0.4) is 0 Å². The van der Waals surface area contributed by atoms with Crippen LogP contribution in [0.5, 0.6) is 0 Å². The molecule has 10 heteroatoms. The fourth-order valence-electron chi connectivity index (χ4n) is 5.07. The molecule has 0 radical (unpaired) electrons. The number of amides is 1. The van der Waals surface area contributed by atoms with Gasteiger partial charge in [0.2, 0.25) is 0 Å². The van der Waals surface area contributed by atoms with E-state index < -0.39 is 17.4 Å². The minimum atomic E-state index is -1.76. The molecule has 1 unspecified atom stereocenters. The van der Waals surface area contributed by atoms with Gasteiger partial charge in [-0.25, -0.2) is 0 Å². The van der Waals surface area contributed by atoms with E-state index in [1.165, 1.54) is 7.11 Å². The first kappa shape index (κ1) is 29.5. The molecular weight excluding hydrogens is 532 g/mol. The van der Waals surface area contributed by atoms with E-state index in [9.17, 15) is 19.8 Å². The number of aliphatic hydroxyl groups is 2. The van der Waals surface area contributed by atoms with Crippen LogP contribution in [0, 0.1) is 5.92 Å². The summed E-state index contributed by atoms with van der Waals surface area (Å²) in [5.41, 5.74) is 1.01. The van der Waals surface area contributed by atoms with E-state index in [1.807, 2.05) is 48.7 Å². The molecule has 0 bridgehead atoms. The summed E-state index contributed by atoms with van der Waals surface area (Å²) in [5.74, 6) is -1.47. The average Bonchev–Trinajstić information content (AvgIpc) is 3.51. The molecule has 2 heterocycles. The van der Waals surface area contributed by atoms with Crippen molar-refractivity contribution in [1.29, 1.82) is 0 Å². The molecule has 3 atom stereocenters. The number of aryl methyl sites for hydroxylation is 1. The Morgan fingerprint density at radius 1 is 1.18 bits per heavy atom. The average molecular weight is 567 g/mol. The van der Waals surface area contributed by atoms with Gasteiger partial charge in [0, 0.05) is 42.2 Å². The number of hydrogen-bond donors (Lipinski definition) is 2. The van der Waals surface area contributed by atoms with E-state index in [0.717, 1.165) is 5.56 Å². The number of unbranched alkanes of at least 4 members (excludes halogenated alkanes) is 1. The zero-order valence-corrected chi connectivity index (χ0v) is 23.5. The number of methoxy groups -OCH3 is 1. The van der Waals surface area contributed by atoms with E-state index in [0.29, 0.717) is 54.3 Å². The van der Waals surface area contributed by atoms with E-state index in [4.69, 9.17) is 11.6 Å². The smallest absolute Gasteiger partial charge is 0.305 e. The molecule has 212 valence electrons. The number of anilines is 1. The Morgan fingerprint density at radius 3 is 2.67 bits per heavy atom. The summed E-state index contributed by atoms with van der Waals surface area (Å²) in [6.45, 7) is 2.65. The number of ether oxygens (including phenoxy) is 1. The Hall–Kier alpha value is -3.53. The molecule has 3 aromatic rings. The van der Waals surface area contributed by atoms with Gasteiger partial charge in [0.05, 0.1) is 31.0 Å². The fraction of sp³-hybridized carbons (Fsp3) is 0.400. The third-order valence-corrected chi connectivity index (χ3v) is 7.61. The van der Waals surface area contributed by atoms with Crippen molar-refractivity contribution in [3.05, 3.63) is 88.7 Å². The predicted octanol–water partition coefficient (Wildman–Crippen LogP) is 4.22. The Balaban J connectivity index is 1.40. The van der Waals surface area contributed by atoms with Gasteiger partial charge < -0.3 is 19.8 Å². The highest BCUT2D eigenvalue weighted by molar-refractivity contribution is 6.31. The minimum absolute atomic E-state index is 0.0689. The molecule has 0 saturated heterocycles. The van der Waals surface area contributed by atoms with Crippen LogP contribution in [-0.4, -0.2) is 57.3 Å². The monoisotopic (exact) mass is 566 g/mol. The van der Waals surface area contributed by atoms with Crippen molar-refractivity contribution < 1.29 is 24.5 Å². The largest absolute Gasteiger partial charge is 0.469 e. The van der Waals surface area contributed by atoms with Gasteiger partial charge in [-0.2, -0.15) is 0 Å². The van der Waals surface area contributed by atoms with Crippen LogP contribution in [-0.2, 0) is 26.5 Å². The number of hydrogen-bond acceptors (Lipinski definition) is 7. The van der Waals surface area contributed by atoms with E-state index in [1.54, 1.807) is 34.7 Å². The molecule has 40 heavy (non-hydrogen) atoms. The SMILES string of the molecule is COC(=O)CCCCN1C(=O)[C@](O)([C@H](C)/C=C/CCn2cc(C(CO)c3ccccc3)nn2)c2cc(Cl)ccc21. The molecule has 0 fully saturated rings. The van der Waals surface area contributed by atoms with Gasteiger partial charge in [-0.1, -0.05) is 66.2 Å². The summed E-state index contributed by atoms with van der Waals surface area (Å²) in [7, 11) is 1.35. The molecule has 9 nitrogen and oxygen atoms in total. The van der Waals surface area contributed by atoms with Crippen LogP contribution in [0.4, 0.5) is 5.69 Å². The standard InChI is InChI=1S/C30H35ClN4O5/c1-21(10-6-8-16-34-19-26(32-33-34)24(20-36)22-11-4-3-5-12-22)30(39)25-18-23(31)14-15-27(25)35(29(30)38)17-9-7-13-28(37)40-2/h3-6,10-12,14-15,18-19,21,24,36,39H,7-9,13,16-17,20H2,1-2H3/b10-6+/t21-,24?,30+/m1/s1. The molecule has 0 spiro atoms. The summed E-state index contributed by atoms with van der Waals surface area (Å²) in [6, 6.07) is 14.8. The zero-order valence-electron chi connectivity index (χ0n) is 22.7. The highest BCUT2D eigenvalue weighted by atomic mass is 35.5. The zero-order chi connectivity index (χ0) is 28.7.